The van der Waals surface area contributed by atoms with Crippen molar-refractivity contribution < 1.29 is 22.6 Å². The minimum absolute atomic E-state index is 0.309. The van der Waals surface area contributed by atoms with Crippen LogP contribution in [-0.4, -0.2) is 75.2 Å². The van der Waals surface area contributed by atoms with Crippen molar-refractivity contribution in [3.05, 3.63) is 0 Å². The van der Waals surface area contributed by atoms with Gasteiger partial charge in [0, 0.05) is 13.0 Å². The Bertz CT molecular complexity index is 290. The summed E-state index contributed by atoms with van der Waals surface area (Å²) in [5.74, 6) is -0.597. The maximum Gasteiger partial charge on any atom is 0.267 e. The van der Waals surface area contributed by atoms with Crippen molar-refractivity contribution in [2.24, 2.45) is 0 Å². The lowest BCUT2D eigenvalue weighted by atomic mass is 10.3. The van der Waals surface area contributed by atoms with Gasteiger partial charge in [-0.05, 0) is 7.05 Å². The Balaban J connectivity index is 4.04. The zero-order valence-electron chi connectivity index (χ0n) is 10.2. The molecule has 0 bridgehead atoms. The molecule has 0 spiro atoms. The molecule has 0 aromatic heterocycles. The number of hydrogen-bond acceptors (Lipinski definition) is 4. The number of rotatable bonds is 8. The molecule has 0 radical (unpaired) electrons. The molecule has 6 nitrogen and oxygen atoms in total. The number of aliphatic hydroxyl groups excluding tert-OH is 1. The Hall–Kier alpha value is -0.210. The van der Waals surface area contributed by atoms with E-state index in [0.717, 1.165) is 19.5 Å². The van der Waals surface area contributed by atoms with Gasteiger partial charge in [-0.1, -0.05) is 0 Å². The van der Waals surface area contributed by atoms with Crippen LogP contribution < -0.4 is 5.32 Å². The van der Waals surface area contributed by atoms with Gasteiger partial charge in [0.1, 0.15) is 18.4 Å². The third-order valence-electron chi connectivity index (χ3n) is 2.30. The fourth-order valence-corrected chi connectivity index (χ4v) is 2.23. The van der Waals surface area contributed by atoms with Gasteiger partial charge in [0.2, 0.25) is 0 Å². The van der Waals surface area contributed by atoms with Crippen LogP contribution in [-0.2, 0) is 10.1 Å². The fraction of sp³-hybridized carbons (Fsp3) is 1.00. The molecule has 0 aliphatic heterocycles. The van der Waals surface area contributed by atoms with Gasteiger partial charge in [0.05, 0.1) is 20.6 Å². The van der Waals surface area contributed by atoms with E-state index in [0.29, 0.717) is 11.0 Å². The molecule has 3 N–H and O–H groups in total. The van der Waals surface area contributed by atoms with Gasteiger partial charge in [-0.2, -0.15) is 8.42 Å². The van der Waals surface area contributed by atoms with E-state index < -0.39 is 22.0 Å². The summed E-state index contributed by atoms with van der Waals surface area (Å²) in [6, 6.07) is 0. The maximum absolute atomic E-state index is 10.6. The second kappa shape index (κ2) is 6.51. The highest BCUT2D eigenvalue weighted by atomic mass is 32.2. The number of nitrogens with one attached hydrogen (secondary N) is 1. The minimum atomic E-state index is -4.09. The van der Waals surface area contributed by atoms with Crippen LogP contribution in [0.2, 0.25) is 0 Å². The molecule has 0 fully saturated rings. The molecule has 0 aromatic carbocycles. The fourth-order valence-electron chi connectivity index (χ4n) is 1.64. The van der Waals surface area contributed by atoms with Gasteiger partial charge in [-0.15, -0.1) is 0 Å². The lowest BCUT2D eigenvalue weighted by molar-refractivity contribution is -0.893. The Morgan fingerprint density at radius 3 is 2.38 bits per heavy atom. The minimum Gasteiger partial charge on any atom is -0.386 e. The quantitative estimate of drug-likeness (QED) is 0.292. The summed E-state index contributed by atoms with van der Waals surface area (Å²) in [4.78, 5) is 0. The zero-order valence-corrected chi connectivity index (χ0v) is 11.0. The second-order valence-electron chi connectivity index (χ2n) is 4.70. The molecule has 98 valence electrons. The predicted octanol–water partition coefficient (Wildman–Crippen LogP) is -1.08. The molecule has 7 heteroatoms. The van der Waals surface area contributed by atoms with Gasteiger partial charge in [-0.3, -0.25) is 4.55 Å². The van der Waals surface area contributed by atoms with Crippen LogP contribution in [0.25, 0.3) is 0 Å². The standard InChI is InChI=1S/C9H22N2O4S/c1-10-5-4-6-11(2,3)7-9(12)8-16(13,14)15/h9-10,12H,4-8H2,1-3H3/p+1. The summed E-state index contributed by atoms with van der Waals surface area (Å²) in [7, 11) is 1.61. The van der Waals surface area contributed by atoms with Gasteiger partial charge in [-0.25, -0.2) is 0 Å². The first-order valence-corrected chi connectivity index (χ1v) is 6.87. The van der Waals surface area contributed by atoms with Crippen molar-refractivity contribution in [2.75, 3.05) is 46.5 Å². The van der Waals surface area contributed by atoms with E-state index in [-0.39, 0.29) is 0 Å². The van der Waals surface area contributed by atoms with Crippen LogP contribution in [0.1, 0.15) is 6.42 Å². The summed E-state index contributed by atoms with van der Waals surface area (Å²) in [6.45, 7) is 2.03. The van der Waals surface area contributed by atoms with E-state index >= 15 is 0 Å². The van der Waals surface area contributed by atoms with Gasteiger partial charge in [0.15, 0.2) is 0 Å². The van der Waals surface area contributed by atoms with Crippen LogP contribution in [0.3, 0.4) is 0 Å². The average molecular weight is 255 g/mol. The summed E-state index contributed by atoms with van der Waals surface area (Å²) in [5, 5.41) is 12.5. The Morgan fingerprint density at radius 2 is 1.94 bits per heavy atom. The average Bonchev–Trinajstić information content (AvgIpc) is 1.98. The van der Waals surface area contributed by atoms with Crippen LogP contribution in [0.4, 0.5) is 0 Å². The molecule has 0 aromatic rings. The number of nitrogens with zero attached hydrogens (tertiary/aromatic N) is 1. The Kier molecular flexibility index (Phi) is 6.42. The van der Waals surface area contributed by atoms with E-state index in [2.05, 4.69) is 5.32 Å². The predicted molar refractivity (Wildman–Crippen MR) is 62.8 cm³/mol. The molecule has 0 amide bonds. The van der Waals surface area contributed by atoms with Crippen molar-refractivity contribution in [1.82, 2.24) is 5.32 Å². The van der Waals surface area contributed by atoms with Crippen LogP contribution in [0, 0.1) is 0 Å². The van der Waals surface area contributed by atoms with E-state index in [1.165, 1.54) is 0 Å². The molecule has 16 heavy (non-hydrogen) atoms. The highest BCUT2D eigenvalue weighted by molar-refractivity contribution is 7.85. The lowest BCUT2D eigenvalue weighted by Crippen LogP contribution is -2.48. The van der Waals surface area contributed by atoms with Crippen molar-refractivity contribution in [2.45, 2.75) is 12.5 Å². The SMILES string of the molecule is CNCCC[N+](C)(C)CC(O)CS(=O)(=O)O. The van der Waals surface area contributed by atoms with Gasteiger partial charge < -0.3 is 14.9 Å². The summed E-state index contributed by atoms with van der Waals surface area (Å²) in [5.41, 5.74) is 0. The molecule has 0 heterocycles. The van der Waals surface area contributed by atoms with Crippen molar-refractivity contribution in [3.63, 3.8) is 0 Å². The topological polar surface area (TPSA) is 86.6 Å². The van der Waals surface area contributed by atoms with E-state index in [4.69, 9.17) is 4.55 Å². The van der Waals surface area contributed by atoms with Crippen LogP contribution in [0.15, 0.2) is 0 Å². The van der Waals surface area contributed by atoms with Crippen molar-refractivity contribution in [1.29, 1.82) is 0 Å². The van der Waals surface area contributed by atoms with E-state index in [1.54, 1.807) is 0 Å². The number of hydrogen-bond donors (Lipinski definition) is 3. The zero-order chi connectivity index (χ0) is 12.8. The van der Waals surface area contributed by atoms with Gasteiger partial charge >= 0.3 is 0 Å². The first kappa shape index (κ1) is 15.8. The Morgan fingerprint density at radius 1 is 1.38 bits per heavy atom. The van der Waals surface area contributed by atoms with Crippen molar-refractivity contribution in [3.8, 4) is 0 Å². The normalized spacial score (nSPS) is 15.1. The van der Waals surface area contributed by atoms with E-state index in [1.807, 2.05) is 21.1 Å². The molecule has 0 saturated heterocycles. The first-order chi connectivity index (χ1) is 7.16. The summed E-state index contributed by atoms with van der Waals surface area (Å²) >= 11 is 0. The molecular weight excluding hydrogens is 232 g/mol. The lowest BCUT2D eigenvalue weighted by Gasteiger charge is -2.31. The smallest absolute Gasteiger partial charge is 0.267 e. The van der Waals surface area contributed by atoms with Gasteiger partial charge in [0.25, 0.3) is 10.1 Å². The summed E-state index contributed by atoms with van der Waals surface area (Å²) < 4.78 is 30.3. The van der Waals surface area contributed by atoms with Crippen LogP contribution >= 0.6 is 0 Å². The highest BCUT2D eigenvalue weighted by Gasteiger charge is 2.23. The van der Waals surface area contributed by atoms with E-state index in [9.17, 15) is 13.5 Å². The second-order valence-corrected chi connectivity index (χ2v) is 6.20. The Labute approximate surface area is 97.6 Å². The first-order valence-electron chi connectivity index (χ1n) is 5.26. The van der Waals surface area contributed by atoms with Crippen molar-refractivity contribution >= 4 is 10.1 Å². The van der Waals surface area contributed by atoms with Crippen LogP contribution in [0.5, 0.6) is 0 Å². The third kappa shape index (κ3) is 9.05. The molecule has 0 aliphatic carbocycles. The third-order valence-corrected chi connectivity index (χ3v) is 3.10. The molecule has 0 saturated carbocycles. The molecule has 1 unspecified atom stereocenters. The summed E-state index contributed by atoms with van der Waals surface area (Å²) in [6.07, 6.45) is -0.0816. The number of aliphatic hydroxyl groups is 1. The number of likely N-dealkylation sites (N-methyl/N-ethyl adjacent to an activating group) is 1. The molecule has 0 rings (SSSR count). The number of quaternary nitrogens is 1. The molecule has 0 aliphatic rings. The highest BCUT2D eigenvalue weighted by Crippen LogP contribution is 2.03. The molecule has 1 atom stereocenters. The molecular formula is C9H23N2O4S+. The monoisotopic (exact) mass is 255 g/mol. The maximum atomic E-state index is 10.6. The largest absolute Gasteiger partial charge is 0.386 e.